The van der Waals surface area contributed by atoms with E-state index in [1.807, 2.05) is 45.9 Å². The normalized spacial score (nSPS) is 11.5. The molecule has 1 rings (SSSR count). The van der Waals surface area contributed by atoms with E-state index in [4.69, 9.17) is 0 Å². The van der Waals surface area contributed by atoms with Crippen molar-refractivity contribution < 1.29 is 9.59 Å². The van der Waals surface area contributed by atoms with Crippen LogP contribution in [-0.2, 0) is 4.79 Å². The number of hydrogen-bond donors (Lipinski definition) is 3. The number of carbonyl (C=O) groups excluding carboxylic acids is 2. The monoisotopic (exact) mass is 355 g/mol. The molecule has 0 bridgehead atoms. The minimum absolute atomic E-state index is 0. The fourth-order valence-electron chi connectivity index (χ4n) is 2.34. The fraction of sp³-hybridized carbons (Fsp3) is 0.556. The van der Waals surface area contributed by atoms with Crippen LogP contribution in [-0.4, -0.2) is 37.5 Å². The molecule has 0 spiro atoms. The van der Waals surface area contributed by atoms with Crippen LogP contribution in [0.25, 0.3) is 0 Å². The lowest BCUT2D eigenvalue weighted by Crippen LogP contribution is -2.48. The van der Waals surface area contributed by atoms with Crippen molar-refractivity contribution in [2.24, 2.45) is 5.92 Å². The van der Waals surface area contributed by atoms with Crippen LogP contribution >= 0.6 is 12.4 Å². The molecular weight excluding hydrogens is 326 g/mol. The van der Waals surface area contributed by atoms with Gasteiger partial charge in [-0.25, -0.2) is 0 Å². The molecular formula is C18H30ClN3O2. The van der Waals surface area contributed by atoms with Crippen LogP contribution in [0.2, 0.25) is 0 Å². The van der Waals surface area contributed by atoms with Crippen LogP contribution in [0, 0.1) is 12.8 Å². The van der Waals surface area contributed by atoms with Gasteiger partial charge in [0.1, 0.15) is 6.04 Å². The van der Waals surface area contributed by atoms with Crippen LogP contribution in [0.3, 0.4) is 0 Å². The summed E-state index contributed by atoms with van der Waals surface area (Å²) < 4.78 is 0. The number of benzene rings is 1. The van der Waals surface area contributed by atoms with E-state index >= 15 is 0 Å². The number of halogens is 1. The maximum Gasteiger partial charge on any atom is 0.252 e. The van der Waals surface area contributed by atoms with Gasteiger partial charge in [-0.2, -0.15) is 0 Å². The number of likely N-dealkylation sites (N-methyl/N-ethyl adjacent to an activating group) is 1. The predicted octanol–water partition coefficient (Wildman–Crippen LogP) is 2.29. The van der Waals surface area contributed by atoms with Gasteiger partial charge < -0.3 is 16.0 Å². The van der Waals surface area contributed by atoms with Gasteiger partial charge in [-0.3, -0.25) is 9.59 Å². The van der Waals surface area contributed by atoms with Crippen molar-refractivity contribution in [3.05, 3.63) is 35.4 Å². The molecule has 1 aromatic carbocycles. The van der Waals surface area contributed by atoms with Gasteiger partial charge in [-0.05, 0) is 37.4 Å². The minimum Gasteiger partial charge on any atom is -0.353 e. The SMILES string of the molecule is CCNCCNC(=O)C(CC(C)C)NC(=O)c1ccccc1C.Cl. The molecule has 6 heteroatoms. The molecule has 0 saturated carbocycles. The van der Waals surface area contributed by atoms with E-state index in [0.29, 0.717) is 24.4 Å². The van der Waals surface area contributed by atoms with Crippen LogP contribution < -0.4 is 16.0 Å². The third kappa shape index (κ3) is 7.79. The Balaban J connectivity index is 0.00000529. The first-order valence-electron chi connectivity index (χ1n) is 8.30. The third-order valence-electron chi connectivity index (χ3n) is 3.57. The summed E-state index contributed by atoms with van der Waals surface area (Å²) in [5, 5.41) is 8.91. The molecule has 0 fully saturated rings. The summed E-state index contributed by atoms with van der Waals surface area (Å²) in [7, 11) is 0. The Morgan fingerprint density at radius 2 is 1.79 bits per heavy atom. The molecule has 24 heavy (non-hydrogen) atoms. The van der Waals surface area contributed by atoms with Crippen molar-refractivity contribution in [3.8, 4) is 0 Å². The van der Waals surface area contributed by atoms with Crippen LogP contribution in [0.15, 0.2) is 24.3 Å². The van der Waals surface area contributed by atoms with Gasteiger partial charge >= 0.3 is 0 Å². The van der Waals surface area contributed by atoms with E-state index in [1.165, 1.54) is 0 Å². The zero-order chi connectivity index (χ0) is 17.2. The lowest BCUT2D eigenvalue weighted by Gasteiger charge is -2.20. The maximum atomic E-state index is 12.4. The Morgan fingerprint density at radius 1 is 1.12 bits per heavy atom. The molecule has 1 aromatic rings. The number of rotatable bonds is 9. The summed E-state index contributed by atoms with van der Waals surface area (Å²) in [6, 6.07) is 6.88. The molecule has 0 radical (unpaired) electrons. The predicted molar refractivity (Wildman–Crippen MR) is 101 cm³/mol. The highest BCUT2D eigenvalue weighted by Gasteiger charge is 2.22. The summed E-state index contributed by atoms with van der Waals surface area (Å²) in [6.07, 6.45) is 0.616. The summed E-state index contributed by atoms with van der Waals surface area (Å²) in [4.78, 5) is 24.8. The summed E-state index contributed by atoms with van der Waals surface area (Å²) in [5.41, 5.74) is 1.52. The van der Waals surface area contributed by atoms with Gasteiger partial charge in [-0.1, -0.05) is 39.0 Å². The molecule has 3 N–H and O–H groups in total. The number of carbonyl (C=O) groups is 2. The molecule has 0 aromatic heterocycles. The van der Waals surface area contributed by atoms with Crippen molar-refractivity contribution in [1.29, 1.82) is 0 Å². The van der Waals surface area contributed by atoms with E-state index in [2.05, 4.69) is 16.0 Å². The molecule has 0 aliphatic heterocycles. The van der Waals surface area contributed by atoms with Gasteiger partial charge in [-0.15, -0.1) is 12.4 Å². The van der Waals surface area contributed by atoms with Crippen molar-refractivity contribution in [2.75, 3.05) is 19.6 Å². The number of aryl methyl sites for hydroxylation is 1. The van der Waals surface area contributed by atoms with Crippen LogP contribution in [0.5, 0.6) is 0 Å². The quantitative estimate of drug-likeness (QED) is 0.595. The average molecular weight is 356 g/mol. The van der Waals surface area contributed by atoms with E-state index in [-0.39, 0.29) is 24.2 Å². The zero-order valence-corrected chi connectivity index (χ0v) is 15.8. The van der Waals surface area contributed by atoms with E-state index in [1.54, 1.807) is 6.07 Å². The second kappa shape index (κ2) is 11.9. The van der Waals surface area contributed by atoms with Crippen molar-refractivity contribution in [1.82, 2.24) is 16.0 Å². The fourth-order valence-corrected chi connectivity index (χ4v) is 2.34. The highest BCUT2D eigenvalue weighted by atomic mass is 35.5. The molecule has 2 amide bonds. The second-order valence-corrected chi connectivity index (χ2v) is 6.12. The average Bonchev–Trinajstić information content (AvgIpc) is 2.50. The Bertz CT molecular complexity index is 521. The van der Waals surface area contributed by atoms with Crippen molar-refractivity contribution in [3.63, 3.8) is 0 Å². The Labute approximate surface area is 151 Å². The highest BCUT2D eigenvalue weighted by molar-refractivity contribution is 5.98. The number of hydrogen-bond acceptors (Lipinski definition) is 3. The van der Waals surface area contributed by atoms with Gasteiger partial charge in [0.25, 0.3) is 5.91 Å². The molecule has 1 unspecified atom stereocenters. The largest absolute Gasteiger partial charge is 0.353 e. The molecule has 0 aliphatic rings. The smallest absolute Gasteiger partial charge is 0.252 e. The summed E-state index contributed by atoms with van der Waals surface area (Å²) in [6.45, 7) is 10.1. The van der Waals surface area contributed by atoms with Gasteiger partial charge in [0, 0.05) is 18.7 Å². The third-order valence-corrected chi connectivity index (χ3v) is 3.57. The standard InChI is InChI=1S/C18H29N3O2.ClH/c1-5-19-10-11-20-18(23)16(12-13(2)3)21-17(22)15-9-7-6-8-14(15)4;/h6-9,13,16,19H,5,10-12H2,1-4H3,(H,20,23)(H,21,22);1H. The van der Waals surface area contributed by atoms with E-state index in [0.717, 1.165) is 18.7 Å². The van der Waals surface area contributed by atoms with Gasteiger partial charge in [0.05, 0.1) is 0 Å². The molecule has 0 heterocycles. The number of amides is 2. The van der Waals surface area contributed by atoms with Crippen molar-refractivity contribution >= 4 is 24.2 Å². The highest BCUT2D eigenvalue weighted by Crippen LogP contribution is 2.10. The summed E-state index contributed by atoms with van der Waals surface area (Å²) >= 11 is 0. The molecule has 0 aliphatic carbocycles. The Hall–Kier alpha value is -1.59. The first-order valence-corrected chi connectivity index (χ1v) is 8.30. The van der Waals surface area contributed by atoms with E-state index in [9.17, 15) is 9.59 Å². The molecule has 1 atom stereocenters. The van der Waals surface area contributed by atoms with Crippen LogP contribution in [0.4, 0.5) is 0 Å². The van der Waals surface area contributed by atoms with Gasteiger partial charge in [0.2, 0.25) is 5.91 Å². The zero-order valence-electron chi connectivity index (χ0n) is 15.0. The second-order valence-electron chi connectivity index (χ2n) is 6.12. The Kier molecular flexibility index (Phi) is 11.1. The minimum atomic E-state index is -0.510. The first-order chi connectivity index (χ1) is 11.0. The lowest BCUT2D eigenvalue weighted by molar-refractivity contribution is -0.123. The lowest BCUT2D eigenvalue weighted by atomic mass is 10.0. The van der Waals surface area contributed by atoms with Gasteiger partial charge in [0.15, 0.2) is 0 Å². The summed E-state index contributed by atoms with van der Waals surface area (Å²) in [5.74, 6) is -0.00851. The maximum absolute atomic E-state index is 12.4. The molecule has 136 valence electrons. The van der Waals surface area contributed by atoms with Crippen molar-refractivity contribution in [2.45, 2.75) is 40.2 Å². The van der Waals surface area contributed by atoms with Crippen LogP contribution in [0.1, 0.15) is 43.1 Å². The molecule has 0 saturated heterocycles. The topological polar surface area (TPSA) is 70.2 Å². The Morgan fingerprint density at radius 3 is 2.38 bits per heavy atom. The number of nitrogens with one attached hydrogen (secondary N) is 3. The van der Waals surface area contributed by atoms with E-state index < -0.39 is 6.04 Å². The molecule has 5 nitrogen and oxygen atoms in total. The first kappa shape index (κ1) is 22.4.